The predicted molar refractivity (Wildman–Crippen MR) is 98.7 cm³/mol. The van der Waals surface area contributed by atoms with Crippen LogP contribution in [0, 0.1) is 0 Å². The number of carbonyl (C=O) groups excluding carboxylic acids is 1. The van der Waals surface area contributed by atoms with Crippen LogP contribution in [0.5, 0.6) is 0 Å². The third-order valence-corrected chi connectivity index (χ3v) is 4.98. The van der Waals surface area contributed by atoms with Gasteiger partial charge in [0, 0.05) is 12.7 Å². The molecule has 0 saturated carbocycles. The third-order valence-electron chi connectivity index (χ3n) is 4.98. The molecule has 0 radical (unpaired) electrons. The Labute approximate surface area is 160 Å². The highest BCUT2D eigenvalue weighted by Crippen LogP contribution is 2.37. The SMILES string of the molecule is O=C(c1ccccn1)N1CCc2ccccc2[C@H]1c1ccc(C(F)(F)F)cc1. The third kappa shape index (κ3) is 3.38. The summed E-state index contributed by atoms with van der Waals surface area (Å²) in [6.45, 7) is 0.470. The standard InChI is InChI=1S/C22H17F3N2O/c23-22(24,25)17-10-8-16(9-11-17)20-18-6-2-1-5-15(18)12-14-27(20)21(28)19-7-3-4-13-26-19/h1-11,13,20H,12,14H2/t20-/m1/s1. The van der Waals surface area contributed by atoms with Crippen molar-refractivity contribution < 1.29 is 18.0 Å². The lowest BCUT2D eigenvalue weighted by Crippen LogP contribution is -2.41. The van der Waals surface area contributed by atoms with Crippen LogP contribution in [-0.2, 0) is 12.6 Å². The molecule has 0 unspecified atom stereocenters. The monoisotopic (exact) mass is 382 g/mol. The van der Waals surface area contributed by atoms with Gasteiger partial charge in [-0.2, -0.15) is 13.2 Å². The van der Waals surface area contributed by atoms with Crippen LogP contribution in [0.15, 0.2) is 72.9 Å². The fourth-order valence-electron chi connectivity index (χ4n) is 3.64. The van der Waals surface area contributed by atoms with Crippen molar-refractivity contribution in [2.75, 3.05) is 6.54 Å². The Kier molecular flexibility index (Phi) is 4.63. The molecule has 4 rings (SSSR count). The largest absolute Gasteiger partial charge is 0.416 e. The maximum absolute atomic E-state index is 13.1. The molecule has 0 saturated heterocycles. The van der Waals surface area contributed by atoms with Gasteiger partial charge in [-0.05, 0) is 47.4 Å². The van der Waals surface area contributed by atoms with Gasteiger partial charge in [-0.1, -0.05) is 42.5 Å². The Morgan fingerprint density at radius 2 is 1.68 bits per heavy atom. The van der Waals surface area contributed by atoms with E-state index in [9.17, 15) is 18.0 Å². The molecule has 1 aliphatic rings. The Morgan fingerprint density at radius 1 is 0.964 bits per heavy atom. The summed E-state index contributed by atoms with van der Waals surface area (Å²) >= 11 is 0. The molecule has 1 aliphatic heterocycles. The topological polar surface area (TPSA) is 33.2 Å². The molecule has 6 heteroatoms. The predicted octanol–water partition coefficient (Wildman–Crippen LogP) is 4.89. The van der Waals surface area contributed by atoms with E-state index in [1.807, 2.05) is 24.3 Å². The van der Waals surface area contributed by atoms with Gasteiger partial charge in [0.25, 0.3) is 5.91 Å². The van der Waals surface area contributed by atoms with Crippen LogP contribution in [0.4, 0.5) is 13.2 Å². The van der Waals surface area contributed by atoms with Crippen molar-refractivity contribution in [2.24, 2.45) is 0 Å². The molecule has 2 aromatic carbocycles. The van der Waals surface area contributed by atoms with E-state index in [2.05, 4.69) is 4.98 Å². The minimum Gasteiger partial charge on any atom is -0.326 e. The molecular formula is C22H17F3N2O. The molecular weight excluding hydrogens is 365 g/mol. The average molecular weight is 382 g/mol. The first-order valence-electron chi connectivity index (χ1n) is 8.92. The van der Waals surface area contributed by atoms with Crippen molar-refractivity contribution in [2.45, 2.75) is 18.6 Å². The van der Waals surface area contributed by atoms with Crippen molar-refractivity contribution in [1.82, 2.24) is 9.88 Å². The molecule has 0 spiro atoms. The fraction of sp³-hybridized carbons (Fsp3) is 0.182. The molecule has 3 aromatic rings. The molecule has 0 bridgehead atoms. The number of alkyl halides is 3. The molecule has 0 fully saturated rings. The summed E-state index contributed by atoms with van der Waals surface area (Å²) in [5.74, 6) is -0.236. The van der Waals surface area contributed by atoms with Crippen LogP contribution in [0.2, 0.25) is 0 Å². The Hall–Kier alpha value is -3.15. The number of halogens is 3. The number of hydrogen-bond donors (Lipinski definition) is 0. The summed E-state index contributed by atoms with van der Waals surface area (Å²) in [6, 6.07) is 17.4. The second-order valence-electron chi connectivity index (χ2n) is 6.68. The molecule has 0 N–H and O–H groups in total. The van der Waals surface area contributed by atoms with Gasteiger partial charge in [0.15, 0.2) is 0 Å². The number of amides is 1. The van der Waals surface area contributed by atoms with E-state index < -0.39 is 17.8 Å². The second-order valence-corrected chi connectivity index (χ2v) is 6.68. The first-order chi connectivity index (χ1) is 13.4. The zero-order valence-corrected chi connectivity index (χ0v) is 14.9. The Bertz CT molecular complexity index is 985. The van der Waals surface area contributed by atoms with Crippen molar-refractivity contribution in [1.29, 1.82) is 0 Å². The molecule has 28 heavy (non-hydrogen) atoms. The lowest BCUT2D eigenvalue weighted by molar-refractivity contribution is -0.137. The highest BCUT2D eigenvalue weighted by atomic mass is 19.4. The van der Waals surface area contributed by atoms with E-state index >= 15 is 0 Å². The summed E-state index contributed by atoms with van der Waals surface area (Å²) in [6.07, 6.45) is -2.16. The number of nitrogens with zero attached hydrogens (tertiary/aromatic N) is 2. The quantitative estimate of drug-likeness (QED) is 0.632. The summed E-state index contributed by atoms with van der Waals surface area (Å²) in [4.78, 5) is 18.9. The minimum absolute atomic E-state index is 0.236. The fourth-order valence-corrected chi connectivity index (χ4v) is 3.64. The highest BCUT2D eigenvalue weighted by Gasteiger charge is 2.34. The van der Waals surface area contributed by atoms with Crippen molar-refractivity contribution in [3.8, 4) is 0 Å². The van der Waals surface area contributed by atoms with E-state index in [-0.39, 0.29) is 5.91 Å². The van der Waals surface area contributed by atoms with Crippen LogP contribution in [0.1, 0.15) is 38.8 Å². The lowest BCUT2D eigenvalue weighted by Gasteiger charge is -2.37. The van der Waals surface area contributed by atoms with Crippen LogP contribution in [0.25, 0.3) is 0 Å². The van der Waals surface area contributed by atoms with Gasteiger partial charge in [0.2, 0.25) is 0 Å². The molecule has 1 aromatic heterocycles. The Morgan fingerprint density at radius 3 is 2.36 bits per heavy atom. The number of fused-ring (bicyclic) bond motifs is 1. The number of carbonyl (C=O) groups is 1. The Balaban J connectivity index is 1.78. The number of rotatable bonds is 2. The van der Waals surface area contributed by atoms with Crippen LogP contribution >= 0.6 is 0 Å². The van der Waals surface area contributed by atoms with Gasteiger partial charge in [0.1, 0.15) is 5.69 Å². The van der Waals surface area contributed by atoms with Gasteiger partial charge >= 0.3 is 6.18 Å². The van der Waals surface area contributed by atoms with Gasteiger partial charge in [0.05, 0.1) is 11.6 Å². The van der Waals surface area contributed by atoms with Crippen LogP contribution < -0.4 is 0 Å². The normalized spacial score (nSPS) is 16.5. The molecule has 1 amide bonds. The second kappa shape index (κ2) is 7.11. The first-order valence-corrected chi connectivity index (χ1v) is 8.92. The van der Waals surface area contributed by atoms with Crippen LogP contribution in [0.3, 0.4) is 0 Å². The average Bonchev–Trinajstić information content (AvgIpc) is 2.72. The maximum Gasteiger partial charge on any atom is 0.416 e. The molecule has 2 heterocycles. The number of hydrogen-bond acceptors (Lipinski definition) is 2. The van der Waals surface area contributed by atoms with Crippen molar-refractivity contribution >= 4 is 5.91 Å². The lowest BCUT2D eigenvalue weighted by atomic mass is 9.87. The van der Waals surface area contributed by atoms with E-state index in [0.29, 0.717) is 24.2 Å². The molecule has 1 atom stereocenters. The van der Waals surface area contributed by atoms with Gasteiger partial charge in [-0.25, -0.2) is 0 Å². The van der Waals surface area contributed by atoms with Crippen molar-refractivity contribution in [3.05, 3.63) is 101 Å². The zero-order chi connectivity index (χ0) is 19.7. The number of aromatic nitrogens is 1. The number of pyridine rings is 1. The molecule has 3 nitrogen and oxygen atoms in total. The maximum atomic E-state index is 13.1. The van der Waals surface area contributed by atoms with E-state index in [0.717, 1.165) is 23.3 Å². The zero-order valence-electron chi connectivity index (χ0n) is 14.9. The van der Waals surface area contributed by atoms with Gasteiger partial charge < -0.3 is 4.90 Å². The smallest absolute Gasteiger partial charge is 0.326 e. The van der Waals surface area contributed by atoms with Gasteiger partial charge in [-0.15, -0.1) is 0 Å². The highest BCUT2D eigenvalue weighted by molar-refractivity contribution is 5.93. The summed E-state index contributed by atoms with van der Waals surface area (Å²) in [5, 5.41) is 0. The van der Waals surface area contributed by atoms with E-state index in [4.69, 9.17) is 0 Å². The van der Waals surface area contributed by atoms with Crippen molar-refractivity contribution in [3.63, 3.8) is 0 Å². The van der Waals surface area contributed by atoms with E-state index in [1.165, 1.54) is 12.1 Å². The first kappa shape index (κ1) is 18.2. The summed E-state index contributed by atoms with van der Waals surface area (Å²) in [7, 11) is 0. The number of benzene rings is 2. The van der Waals surface area contributed by atoms with Gasteiger partial charge in [-0.3, -0.25) is 9.78 Å². The van der Waals surface area contributed by atoms with Crippen LogP contribution in [-0.4, -0.2) is 22.3 Å². The molecule has 142 valence electrons. The summed E-state index contributed by atoms with van der Waals surface area (Å²) < 4.78 is 38.9. The minimum atomic E-state index is -4.40. The van der Waals surface area contributed by atoms with E-state index in [1.54, 1.807) is 29.3 Å². The molecule has 0 aliphatic carbocycles. The summed E-state index contributed by atoms with van der Waals surface area (Å²) in [5.41, 5.74) is 2.28.